The smallest absolute Gasteiger partial charge is 0.326 e. The van der Waals surface area contributed by atoms with Crippen LogP contribution < -0.4 is 22.3 Å². The summed E-state index contributed by atoms with van der Waals surface area (Å²) < 4.78 is 5.44. The van der Waals surface area contributed by atoms with Gasteiger partial charge in [0.1, 0.15) is 23.1 Å². The van der Waals surface area contributed by atoms with Crippen molar-refractivity contribution >= 4 is 23.4 Å². The summed E-state index contributed by atoms with van der Waals surface area (Å²) in [7, 11) is 1.65. The average molecular weight is 420 g/mol. The molecule has 0 fully saturated rings. The van der Waals surface area contributed by atoms with Crippen molar-refractivity contribution in [2.24, 2.45) is 17.3 Å². The maximum absolute atomic E-state index is 12.6. The number of aryl methyl sites for hydroxylation is 1. The van der Waals surface area contributed by atoms with Crippen LogP contribution in [0.4, 0.5) is 5.82 Å². The van der Waals surface area contributed by atoms with Crippen LogP contribution in [0, 0.1) is 0 Å². The summed E-state index contributed by atoms with van der Waals surface area (Å²) in [5.41, 5.74) is 13.6. The summed E-state index contributed by atoms with van der Waals surface area (Å²) in [5.74, 6) is 5.68. The van der Waals surface area contributed by atoms with Crippen LogP contribution in [0.25, 0.3) is 0 Å². The van der Waals surface area contributed by atoms with Crippen molar-refractivity contribution < 1.29 is 9.53 Å². The lowest BCUT2D eigenvalue weighted by Gasteiger charge is -2.23. The predicted molar refractivity (Wildman–Crippen MR) is 116 cm³/mol. The largest absolute Gasteiger partial charge is 0.459 e. The molecular weight excluding hydrogens is 390 g/mol. The topological polar surface area (TPSA) is 120 Å². The molecule has 29 heavy (non-hydrogen) atoms. The fourth-order valence-corrected chi connectivity index (χ4v) is 3.20. The number of carbonyl (C=O) groups is 1. The molecule has 6 N–H and O–H groups in total. The minimum absolute atomic E-state index is 0.0355. The van der Waals surface area contributed by atoms with Gasteiger partial charge in [-0.1, -0.05) is 35.9 Å². The minimum Gasteiger partial charge on any atom is -0.459 e. The number of nitrogens with zero attached hydrogens (tertiary/aromatic N) is 2. The van der Waals surface area contributed by atoms with Gasteiger partial charge in [0.2, 0.25) is 0 Å². The molecule has 0 aliphatic carbocycles. The van der Waals surface area contributed by atoms with Crippen molar-refractivity contribution in [2.45, 2.75) is 44.8 Å². The molecule has 158 valence electrons. The van der Waals surface area contributed by atoms with Crippen molar-refractivity contribution in [3.05, 3.63) is 58.2 Å². The Hall–Kier alpha value is -2.19. The van der Waals surface area contributed by atoms with Gasteiger partial charge in [-0.05, 0) is 61.6 Å². The standard InChI is InChI=1S/C21H30ClN5O2/c1-21(24,13-16-8-5-7-15(10-16)6-3-4-9-23)20(28)29-14-17-11-18(22)26-19(12-17)27(2)25/h5,7-8,10-12H,3-4,6,9,13-14,23-25H2,1-2H3. The molecule has 0 radical (unpaired) electrons. The normalized spacial score (nSPS) is 13.0. The molecule has 1 unspecified atom stereocenters. The zero-order valence-corrected chi connectivity index (χ0v) is 17.8. The zero-order valence-electron chi connectivity index (χ0n) is 17.0. The Morgan fingerprint density at radius 2 is 1.93 bits per heavy atom. The first-order valence-corrected chi connectivity index (χ1v) is 9.98. The van der Waals surface area contributed by atoms with E-state index in [4.69, 9.17) is 33.6 Å². The first-order valence-electron chi connectivity index (χ1n) is 9.60. The molecule has 8 heteroatoms. The Labute approximate surface area is 177 Å². The van der Waals surface area contributed by atoms with Gasteiger partial charge in [-0.2, -0.15) is 0 Å². The lowest BCUT2D eigenvalue weighted by Crippen LogP contribution is -2.48. The number of hydrogen-bond donors (Lipinski definition) is 3. The lowest BCUT2D eigenvalue weighted by atomic mass is 9.92. The summed E-state index contributed by atoms with van der Waals surface area (Å²) in [6.45, 7) is 2.40. The van der Waals surface area contributed by atoms with Crippen LogP contribution in [0.15, 0.2) is 36.4 Å². The third-order valence-corrected chi connectivity index (χ3v) is 4.71. The summed E-state index contributed by atoms with van der Waals surface area (Å²) in [5, 5.41) is 1.61. The lowest BCUT2D eigenvalue weighted by molar-refractivity contribution is -0.150. The molecule has 2 rings (SSSR count). The molecule has 0 spiro atoms. The highest BCUT2D eigenvalue weighted by Crippen LogP contribution is 2.19. The molecule has 1 aromatic heterocycles. The number of anilines is 1. The molecule has 0 saturated heterocycles. The zero-order chi connectivity index (χ0) is 21.4. The maximum atomic E-state index is 12.6. The van der Waals surface area contributed by atoms with Crippen LogP contribution in [-0.4, -0.2) is 30.1 Å². The summed E-state index contributed by atoms with van der Waals surface area (Å²) >= 11 is 6.00. The summed E-state index contributed by atoms with van der Waals surface area (Å²) in [6.07, 6.45) is 3.37. The molecule has 2 aromatic rings. The van der Waals surface area contributed by atoms with Gasteiger partial charge >= 0.3 is 5.97 Å². The third-order valence-electron chi connectivity index (χ3n) is 4.52. The van der Waals surface area contributed by atoms with Crippen molar-refractivity contribution in [1.29, 1.82) is 0 Å². The highest BCUT2D eigenvalue weighted by molar-refractivity contribution is 6.29. The van der Waals surface area contributed by atoms with E-state index in [1.807, 2.05) is 12.1 Å². The second-order valence-electron chi connectivity index (χ2n) is 7.50. The van der Waals surface area contributed by atoms with E-state index in [1.54, 1.807) is 26.1 Å². The molecule has 0 aliphatic rings. The van der Waals surface area contributed by atoms with Crippen molar-refractivity contribution in [3.63, 3.8) is 0 Å². The van der Waals surface area contributed by atoms with Crippen LogP contribution in [0.1, 0.15) is 36.5 Å². The average Bonchev–Trinajstić information content (AvgIpc) is 2.65. The molecule has 0 amide bonds. The van der Waals surface area contributed by atoms with E-state index in [2.05, 4.69) is 17.1 Å². The van der Waals surface area contributed by atoms with Gasteiger partial charge in [0.25, 0.3) is 0 Å². The second-order valence-corrected chi connectivity index (χ2v) is 7.89. The number of nitrogens with two attached hydrogens (primary N) is 3. The van der Waals surface area contributed by atoms with Crippen molar-refractivity contribution in [1.82, 2.24) is 4.98 Å². The van der Waals surface area contributed by atoms with Gasteiger partial charge in [-0.15, -0.1) is 0 Å². The Morgan fingerprint density at radius 3 is 2.62 bits per heavy atom. The van der Waals surface area contributed by atoms with Crippen molar-refractivity contribution in [2.75, 3.05) is 18.6 Å². The number of aromatic nitrogens is 1. The number of esters is 1. The Kier molecular flexibility index (Phi) is 8.40. The number of carbonyl (C=O) groups excluding carboxylic acids is 1. The quantitative estimate of drug-likeness (QED) is 0.178. The number of unbranched alkanes of at least 4 members (excludes halogenated alkanes) is 1. The molecule has 1 heterocycles. The van der Waals surface area contributed by atoms with E-state index < -0.39 is 11.5 Å². The van der Waals surface area contributed by atoms with Gasteiger partial charge in [0.05, 0.1) is 0 Å². The van der Waals surface area contributed by atoms with E-state index in [9.17, 15) is 4.79 Å². The first-order chi connectivity index (χ1) is 13.7. The van der Waals surface area contributed by atoms with Crippen LogP contribution in [-0.2, 0) is 29.0 Å². The SMILES string of the molecule is CN(N)c1cc(COC(=O)C(C)(N)Cc2cccc(CCCCN)c2)cc(Cl)n1. The maximum Gasteiger partial charge on any atom is 0.326 e. The Morgan fingerprint density at radius 1 is 1.21 bits per heavy atom. The summed E-state index contributed by atoms with van der Waals surface area (Å²) in [4.78, 5) is 16.7. The fourth-order valence-electron chi connectivity index (χ4n) is 2.98. The van der Waals surface area contributed by atoms with E-state index in [1.165, 1.54) is 10.6 Å². The van der Waals surface area contributed by atoms with Crippen LogP contribution >= 0.6 is 11.6 Å². The van der Waals surface area contributed by atoms with E-state index >= 15 is 0 Å². The molecule has 0 aliphatic heterocycles. The molecule has 1 atom stereocenters. The molecule has 1 aromatic carbocycles. The third kappa shape index (κ3) is 7.29. The van der Waals surface area contributed by atoms with Gasteiger partial charge in [-0.25, -0.2) is 10.8 Å². The molecular formula is C21H30ClN5O2. The minimum atomic E-state index is -1.15. The number of rotatable bonds is 10. The van der Waals surface area contributed by atoms with Crippen LogP contribution in [0.3, 0.4) is 0 Å². The highest BCUT2D eigenvalue weighted by atomic mass is 35.5. The van der Waals surface area contributed by atoms with Gasteiger partial charge in [0.15, 0.2) is 0 Å². The van der Waals surface area contributed by atoms with Crippen LogP contribution in [0.2, 0.25) is 5.15 Å². The van der Waals surface area contributed by atoms with Gasteiger partial charge in [0, 0.05) is 13.5 Å². The predicted octanol–water partition coefficient (Wildman–Crippen LogP) is 2.33. The van der Waals surface area contributed by atoms with Crippen molar-refractivity contribution in [3.8, 4) is 0 Å². The van der Waals surface area contributed by atoms with E-state index in [0.717, 1.165) is 24.8 Å². The number of hydrazine groups is 1. The number of ether oxygens (including phenoxy) is 1. The number of benzene rings is 1. The second kappa shape index (κ2) is 10.5. The Balaban J connectivity index is 1.99. The number of hydrogen-bond acceptors (Lipinski definition) is 7. The van der Waals surface area contributed by atoms with E-state index in [0.29, 0.717) is 24.3 Å². The molecule has 0 saturated carbocycles. The highest BCUT2D eigenvalue weighted by Gasteiger charge is 2.30. The monoisotopic (exact) mass is 419 g/mol. The Bertz CT molecular complexity index is 826. The van der Waals surface area contributed by atoms with Crippen LogP contribution in [0.5, 0.6) is 0 Å². The molecule has 0 bridgehead atoms. The molecule has 7 nitrogen and oxygen atoms in total. The van der Waals surface area contributed by atoms with E-state index in [-0.39, 0.29) is 11.8 Å². The summed E-state index contributed by atoms with van der Waals surface area (Å²) in [6, 6.07) is 11.4. The first kappa shape index (κ1) is 23.1. The van der Waals surface area contributed by atoms with Gasteiger partial charge in [-0.3, -0.25) is 9.80 Å². The number of pyridine rings is 1. The van der Waals surface area contributed by atoms with Gasteiger partial charge < -0.3 is 16.2 Å². The number of halogens is 1. The fraction of sp³-hybridized carbons (Fsp3) is 0.429.